The fourth-order valence-electron chi connectivity index (χ4n) is 1.64. The van der Waals surface area contributed by atoms with E-state index < -0.39 is 17.4 Å². The average Bonchev–Trinajstić information content (AvgIpc) is 2.45. The van der Waals surface area contributed by atoms with E-state index in [0.29, 0.717) is 18.0 Å². The van der Waals surface area contributed by atoms with Crippen LogP contribution in [0, 0.1) is 0 Å². The summed E-state index contributed by atoms with van der Waals surface area (Å²) >= 11 is 0. The van der Waals surface area contributed by atoms with Gasteiger partial charge in [0.2, 0.25) is 0 Å². The van der Waals surface area contributed by atoms with Gasteiger partial charge in [-0.1, -0.05) is 32.9 Å². The second-order valence-electron chi connectivity index (χ2n) is 5.77. The molecule has 5 heteroatoms. The Hall–Kier alpha value is -1.88. The molecular weight excluding hydrogens is 268 g/mol. The Morgan fingerprint density at radius 1 is 1.29 bits per heavy atom. The first-order valence-corrected chi connectivity index (χ1v) is 7.16. The molecule has 1 rings (SSSR count). The number of benzene rings is 1. The third-order valence-electron chi connectivity index (χ3n) is 3.41. The first-order valence-electron chi connectivity index (χ1n) is 7.16. The topological polar surface area (TPSA) is 78.4 Å². The molecule has 0 fully saturated rings. The highest BCUT2D eigenvalue weighted by molar-refractivity contribution is 6.39. The van der Waals surface area contributed by atoms with E-state index in [1.165, 1.54) is 0 Å². The van der Waals surface area contributed by atoms with E-state index in [1.54, 1.807) is 13.0 Å². The maximum absolute atomic E-state index is 11.8. The van der Waals surface area contributed by atoms with Crippen molar-refractivity contribution in [2.45, 2.75) is 45.6 Å². The Balaban J connectivity index is 2.60. The molecule has 1 aromatic carbocycles. The van der Waals surface area contributed by atoms with E-state index >= 15 is 0 Å². The summed E-state index contributed by atoms with van der Waals surface area (Å²) in [5, 5.41) is 14.8. The van der Waals surface area contributed by atoms with Gasteiger partial charge < -0.3 is 15.7 Å². The SMILES string of the molecule is CCC(C)(O)CNC(=O)C(=O)Nc1cccc(C(C)C)c1. The van der Waals surface area contributed by atoms with Crippen LogP contribution in [0.3, 0.4) is 0 Å². The summed E-state index contributed by atoms with van der Waals surface area (Å²) in [4.78, 5) is 23.5. The molecule has 5 nitrogen and oxygen atoms in total. The van der Waals surface area contributed by atoms with Crippen LogP contribution >= 0.6 is 0 Å². The van der Waals surface area contributed by atoms with Gasteiger partial charge in [-0.25, -0.2) is 0 Å². The number of aliphatic hydroxyl groups is 1. The van der Waals surface area contributed by atoms with Crippen molar-refractivity contribution in [2.75, 3.05) is 11.9 Å². The Morgan fingerprint density at radius 2 is 1.95 bits per heavy atom. The molecule has 116 valence electrons. The smallest absolute Gasteiger partial charge is 0.313 e. The van der Waals surface area contributed by atoms with Crippen LogP contribution in [-0.4, -0.2) is 29.1 Å². The van der Waals surface area contributed by atoms with Gasteiger partial charge in [-0.15, -0.1) is 0 Å². The van der Waals surface area contributed by atoms with Crippen LogP contribution < -0.4 is 10.6 Å². The Kier molecular flexibility index (Phi) is 5.90. The van der Waals surface area contributed by atoms with Crippen molar-refractivity contribution in [1.29, 1.82) is 0 Å². The molecule has 0 aromatic heterocycles. The van der Waals surface area contributed by atoms with Crippen molar-refractivity contribution in [2.24, 2.45) is 0 Å². The van der Waals surface area contributed by atoms with E-state index in [4.69, 9.17) is 0 Å². The zero-order chi connectivity index (χ0) is 16.0. The van der Waals surface area contributed by atoms with Crippen molar-refractivity contribution in [1.82, 2.24) is 5.32 Å². The highest BCUT2D eigenvalue weighted by Gasteiger charge is 2.21. The minimum absolute atomic E-state index is 0.0434. The van der Waals surface area contributed by atoms with E-state index in [2.05, 4.69) is 24.5 Å². The highest BCUT2D eigenvalue weighted by Crippen LogP contribution is 2.18. The molecule has 0 saturated heterocycles. The van der Waals surface area contributed by atoms with E-state index in [1.807, 2.05) is 25.1 Å². The quantitative estimate of drug-likeness (QED) is 0.727. The third kappa shape index (κ3) is 5.55. The standard InChI is InChI=1S/C16H24N2O3/c1-5-16(4,21)10-17-14(19)15(20)18-13-8-6-7-12(9-13)11(2)3/h6-9,11,21H,5,10H2,1-4H3,(H,17,19)(H,18,20). The number of nitrogens with one attached hydrogen (secondary N) is 2. The van der Waals surface area contributed by atoms with Gasteiger partial charge in [0.1, 0.15) is 0 Å². The molecule has 0 heterocycles. The normalized spacial score (nSPS) is 13.6. The highest BCUT2D eigenvalue weighted by atomic mass is 16.3. The van der Waals surface area contributed by atoms with Crippen molar-refractivity contribution >= 4 is 17.5 Å². The van der Waals surface area contributed by atoms with Gasteiger partial charge in [-0.2, -0.15) is 0 Å². The number of carbonyl (C=O) groups is 2. The molecular formula is C16H24N2O3. The largest absolute Gasteiger partial charge is 0.388 e. The lowest BCUT2D eigenvalue weighted by Crippen LogP contribution is -2.44. The van der Waals surface area contributed by atoms with E-state index in [0.717, 1.165) is 5.56 Å². The van der Waals surface area contributed by atoms with Crippen LogP contribution in [0.2, 0.25) is 0 Å². The summed E-state index contributed by atoms with van der Waals surface area (Å²) in [6.07, 6.45) is 0.491. The minimum atomic E-state index is -1.01. The number of anilines is 1. The molecule has 0 saturated carbocycles. The monoisotopic (exact) mass is 292 g/mol. The first-order chi connectivity index (χ1) is 9.75. The van der Waals surface area contributed by atoms with Gasteiger partial charge in [0, 0.05) is 12.2 Å². The average molecular weight is 292 g/mol. The molecule has 0 bridgehead atoms. The van der Waals surface area contributed by atoms with Gasteiger partial charge in [-0.05, 0) is 37.0 Å². The predicted octanol–water partition coefficient (Wildman–Crippen LogP) is 2.03. The summed E-state index contributed by atoms with van der Waals surface area (Å²) in [7, 11) is 0. The molecule has 3 N–H and O–H groups in total. The molecule has 21 heavy (non-hydrogen) atoms. The van der Waals surface area contributed by atoms with Crippen LogP contribution in [0.5, 0.6) is 0 Å². The minimum Gasteiger partial charge on any atom is -0.388 e. The molecule has 0 aliphatic carbocycles. The van der Waals surface area contributed by atoms with Crippen LogP contribution in [0.1, 0.15) is 45.6 Å². The van der Waals surface area contributed by atoms with Crippen molar-refractivity contribution in [3.8, 4) is 0 Å². The number of hydrogen-bond donors (Lipinski definition) is 3. The summed E-state index contributed by atoms with van der Waals surface area (Å²) in [5.41, 5.74) is 0.666. The van der Waals surface area contributed by atoms with Gasteiger partial charge >= 0.3 is 11.8 Å². The molecule has 2 amide bonds. The van der Waals surface area contributed by atoms with Gasteiger partial charge in [-0.3, -0.25) is 9.59 Å². The fourth-order valence-corrected chi connectivity index (χ4v) is 1.64. The zero-order valence-electron chi connectivity index (χ0n) is 13.1. The molecule has 1 aromatic rings. The Morgan fingerprint density at radius 3 is 2.52 bits per heavy atom. The fraction of sp³-hybridized carbons (Fsp3) is 0.500. The summed E-state index contributed by atoms with van der Waals surface area (Å²) < 4.78 is 0. The van der Waals surface area contributed by atoms with Crippen LogP contribution in [0.4, 0.5) is 5.69 Å². The van der Waals surface area contributed by atoms with Crippen molar-refractivity contribution < 1.29 is 14.7 Å². The number of amides is 2. The van der Waals surface area contributed by atoms with Gasteiger partial charge in [0.25, 0.3) is 0 Å². The first kappa shape index (κ1) is 17.2. The van der Waals surface area contributed by atoms with Crippen LogP contribution in [-0.2, 0) is 9.59 Å². The third-order valence-corrected chi connectivity index (χ3v) is 3.41. The lowest BCUT2D eigenvalue weighted by Gasteiger charge is -2.21. The van der Waals surface area contributed by atoms with Crippen molar-refractivity contribution in [3.05, 3.63) is 29.8 Å². The molecule has 0 aliphatic rings. The molecule has 0 radical (unpaired) electrons. The molecule has 0 aliphatic heterocycles. The van der Waals surface area contributed by atoms with Crippen LogP contribution in [0.15, 0.2) is 24.3 Å². The molecule has 1 unspecified atom stereocenters. The zero-order valence-corrected chi connectivity index (χ0v) is 13.1. The Bertz CT molecular complexity index is 510. The Labute approximate surface area is 125 Å². The number of hydrogen-bond acceptors (Lipinski definition) is 3. The van der Waals surface area contributed by atoms with Gasteiger partial charge in [0.05, 0.1) is 5.60 Å². The lowest BCUT2D eigenvalue weighted by molar-refractivity contribution is -0.136. The second kappa shape index (κ2) is 7.22. The maximum atomic E-state index is 11.8. The summed E-state index contributed by atoms with van der Waals surface area (Å²) in [5.74, 6) is -1.14. The van der Waals surface area contributed by atoms with E-state index in [-0.39, 0.29) is 6.54 Å². The predicted molar refractivity (Wildman–Crippen MR) is 83.1 cm³/mol. The van der Waals surface area contributed by atoms with Gasteiger partial charge in [0.15, 0.2) is 0 Å². The summed E-state index contributed by atoms with van der Waals surface area (Å²) in [6, 6.07) is 7.39. The van der Waals surface area contributed by atoms with Crippen LogP contribution in [0.25, 0.3) is 0 Å². The molecule has 0 spiro atoms. The second-order valence-corrected chi connectivity index (χ2v) is 5.77. The number of carbonyl (C=O) groups excluding carboxylic acids is 2. The van der Waals surface area contributed by atoms with Crippen molar-refractivity contribution in [3.63, 3.8) is 0 Å². The summed E-state index contributed by atoms with van der Waals surface area (Å²) in [6.45, 7) is 7.57. The molecule has 1 atom stereocenters. The maximum Gasteiger partial charge on any atom is 0.313 e. The number of rotatable bonds is 5. The lowest BCUT2D eigenvalue weighted by atomic mass is 10.0. The van der Waals surface area contributed by atoms with E-state index in [9.17, 15) is 14.7 Å².